The van der Waals surface area contributed by atoms with E-state index in [1.807, 2.05) is 17.9 Å². The molecule has 0 bridgehead atoms. The minimum atomic E-state index is -0.512. The number of nitro groups is 1. The topological polar surface area (TPSA) is 99.3 Å². The maximum Gasteiger partial charge on any atom is 0.270 e. The summed E-state index contributed by atoms with van der Waals surface area (Å²) in [5, 5.41) is 23.0. The SMILES string of the molecule is CCCNC(=O)C1CCCN(c2ccc([N+](=O)[O-])cc2C#N)C1. The molecular formula is C16H20N4O3. The zero-order valence-corrected chi connectivity index (χ0v) is 13.1. The molecule has 1 heterocycles. The number of piperidine rings is 1. The number of non-ortho nitro benzene ring substituents is 1. The first kappa shape index (κ1) is 16.7. The van der Waals surface area contributed by atoms with Crippen molar-refractivity contribution in [3.05, 3.63) is 33.9 Å². The van der Waals surface area contributed by atoms with Crippen molar-refractivity contribution in [3.63, 3.8) is 0 Å². The van der Waals surface area contributed by atoms with Crippen LogP contribution in [0, 0.1) is 27.4 Å². The van der Waals surface area contributed by atoms with Crippen LogP contribution >= 0.6 is 0 Å². The lowest BCUT2D eigenvalue weighted by molar-refractivity contribution is -0.384. The van der Waals surface area contributed by atoms with Crippen LogP contribution in [0.15, 0.2) is 18.2 Å². The average molecular weight is 316 g/mol. The number of nitro benzene ring substituents is 1. The zero-order chi connectivity index (χ0) is 16.8. The van der Waals surface area contributed by atoms with Crippen molar-refractivity contribution in [2.24, 2.45) is 5.92 Å². The zero-order valence-electron chi connectivity index (χ0n) is 13.1. The summed E-state index contributed by atoms with van der Waals surface area (Å²) in [6.45, 7) is 3.94. The molecular weight excluding hydrogens is 296 g/mol. The summed E-state index contributed by atoms with van der Waals surface area (Å²) in [6, 6.07) is 6.31. The van der Waals surface area contributed by atoms with E-state index in [4.69, 9.17) is 0 Å². The van der Waals surface area contributed by atoms with Crippen LogP contribution in [0.1, 0.15) is 31.7 Å². The number of benzene rings is 1. The third-order valence-corrected chi connectivity index (χ3v) is 3.99. The van der Waals surface area contributed by atoms with Gasteiger partial charge < -0.3 is 10.2 Å². The molecule has 23 heavy (non-hydrogen) atoms. The van der Waals surface area contributed by atoms with E-state index in [2.05, 4.69) is 5.32 Å². The molecule has 1 aromatic rings. The molecule has 1 aromatic carbocycles. The second-order valence-electron chi connectivity index (χ2n) is 5.65. The fourth-order valence-electron chi connectivity index (χ4n) is 2.81. The quantitative estimate of drug-likeness (QED) is 0.663. The predicted molar refractivity (Wildman–Crippen MR) is 86.0 cm³/mol. The van der Waals surface area contributed by atoms with E-state index < -0.39 is 4.92 Å². The van der Waals surface area contributed by atoms with Crippen LogP contribution in [0.4, 0.5) is 11.4 Å². The third-order valence-electron chi connectivity index (χ3n) is 3.99. The highest BCUT2D eigenvalue weighted by Gasteiger charge is 2.27. The molecule has 2 rings (SSSR count). The monoisotopic (exact) mass is 316 g/mol. The Morgan fingerprint density at radius 3 is 3.00 bits per heavy atom. The van der Waals surface area contributed by atoms with E-state index in [1.54, 1.807) is 6.07 Å². The highest BCUT2D eigenvalue weighted by molar-refractivity contribution is 5.79. The molecule has 122 valence electrons. The Labute approximate surface area is 135 Å². The lowest BCUT2D eigenvalue weighted by Crippen LogP contribution is -2.43. The summed E-state index contributed by atoms with van der Waals surface area (Å²) in [5.74, 6) is -0.0750. The van der Waals surface area contributed by atoms with Crippen molar-refractivity contribution in [1.29, 1.82) is 5.26 Å². The van der Waals surface area contributed by atoms with Crippen molar-refractivity contribution < 1.29 is 9.72 Å². The van der Waals surface area contributed by atoms with E-state index in [1.165, 1.54) is 12.1 Å². The molecule has 7 nitrogen and oxygen atoms in total. The Morgan fingerprint density at radius 1 is 1.57 bits per heavy atom. The van der Waals surface area contributed by atoms with E-state index in [0.29, 0.717) is 18.8 Å². The second kappa shape index (κ2) is 7.58. The van der Waals surface area contributed by atoms with Gasteiger partial charge in [-0.05, 0) is 25.3 Å². The van der Waals surface area contributed by atoms with Crippen molar-refractivity contribution >= 4 is 17.3 Å². The van der Waals surface area contributed by atoms with Crippen molar-refractivity contribution in [1.82, 2.24) is 5.32 Å². The van der Waals surface area contributed by atoms with Gasteiger partial charge in [0, 0.05) is 31.8 Å². The first-order chi connectivity index (χ1) is 11.1. The molecule has 1 atom stereocenters. The highest BCUT2D eigenvalue weighted by Crippen LogP contribution is 2.29. The Bertz CT molecular complexity index is 639. The number of nitrogens with zero attached hydrogens (tertiary/aromatic N) is 3. The van der Waals surface area contributed by atoms with Gasteiger partial charge in [0.2, 0.25) is 5.91 Å². The maximum atomic E-state index is 12.1. The summed E-state index contributed by atoms with van der Waals surface area (Å²) < 4.78 is 0. The van der Waals surface area contributed by atoms with E-state index >= 15 is 0 Å². The smallest absolute Gasteiger partial charge is 0.270 e. The molecule has 1 aliphatic rings. The lowest BCUT2D eigenvalue weighted by atomic mass is 9.96. The Balaban J connectivity index is 2.16. The molecule has 7 heteroatoms. The average Bonchev–Trinajstić information content (AvgIpc) is 2.59. The maximum absolute atomic E-state index is 12.1. The second-order valence-corrected chi connectivity index (χ2v) is 5.65. The molecule has 1 unspecified atom stereocenters. The molecule has 1 aliphatic heterocycles. The highest BCUT2D eigenvalue weighted by atomic mass is 16.6. The summed E-state index contributed by atoms with van der Waals surface area (Å²) >= 11 is 0. The number of hydrogen-bond donors (Lipinski definition) is 1. The first-order valence-corrected chi connectivity index (χ1v) is 7.78. The summed E-state index contributed by atoms with van der Waals surface area (Å²) in [7, 11) is 0. The Hall–Kier alpha value is -2.62. The fraction of sp³-hybridized carbons (Fsp3) is 0.500. The number of nitrogens with one attached hydrogen (secondary N) is 1. The number of nitriles is 1. The molecule has 0 aliphatic carbocycles. The predicted octanol–water partition coefficient (Wildman–Crippen LogP) is 2.21. The molecule has 1 N–H and O–H groups in total. The first-order valence-electron chi connectivity index (χ1n) is 7.78. The van der Waals surface area contributed by atoms with Gasteiger partial charge in [-0.25, -0.2) is 0 Å². The molecule has 0 radical (unpaired) electrons. The van der Waals surface area contributed by atoms with Crippen LogP contribution in [0.2, 0.25) is 0 Å². The van der Waals surface area contributed by atoms with Crippen LogP contribution in [0.25, 0.3) is 0 Å². The van der Waals surface area contributed by atoms with Gasteiger partial charge in [0.1, 0.15) is 6.07 Å². The molecule has 0 aromatic heterocycles. The lowest BCUT2D eigenvalue weighted by Gasteiger charge is -2.34. The normalized spacial score (nSPS) is 17.4. The van der Waals surface area contributed by atoms with Gasteiger partial charge >= 0.3 is 0 Å². The molecule has 1 amide bonds. The number of carbonyl (C=O) groups is 1. The molecule has 1 fully saturated rings. The van der Waals surface area contributed by atoms with Crippen LogP contribution in [0.3, 0.4) is 0 Å². The number of rotatable bonds is 5. The number of carbonyl (C=O) groups excluding carboxylic acids is 1. The molecule has 0 spiro atoms. The minimum Gasteiger partial charge on any atom is -0.370 e. The van der Waals surface area contributed by atoms with Gasteiger partial charge in [0.25, 0.3) is 5.69 Å². The standard InChI is InChI=1S/C16H20N4O3/c1-2-7-18-16(21)12-4-3-8-19(11-12)15-6-5-14(20(22)23)9-13(15)10-17/h5-6,9,12H,2-4,7-8,11H2,1H3,(H,18,21). The van der Waals surface area contributed by atoms with Crippen LogP contribution in [0.5, 0.6) is 0 Å². The number of amides is 1. The van der Waals surface area contributed by atoms with E-state index in [-0.39, 0.29) is 23.1 Å². The van der Waals surface area contributed by atoms with Gasteiger partial charge in [0.05, 0.1) is 22.1 Å². The van der Waals surface area contributed by atoms with Crippen molar-refractivity contribution in [3.8, 4) is 6.07 Å². The Morgan fingerprint density at radius 2 is 2.35 bits per heavy atom. The van der Waals surface area contributed by atoms with E-state index in [9.17, 15) is 20.2 Å². The van der Waals surface area contributed by atoms with Gasteiger partial charge in [0.15, 0.2) is 0 Å². The van der Waals surface area contributed by atoms with Gasteiger partial charge in [-0.1, -0.05) is 6.92 Å². The number of hydrogen-bond acceptors (Lipinski definition) is 5. The molecule has 0 saturated carbocycles. The van der Waals surface area contributed by atoms with Gasteiger partial charge in [-0.2, -0.15) is 5.26 Å². The third kappa shape index (κ3) is 3.97. The van der Waals surface area contributed by atoms with Crippen LogP contribution in [-0.4, -0.2) is 30.5 Å². The minimum absolute atomic E-state index is 0.0389. The van der Waals surface area contributed by atoms with Crippen molar-refractivity contribution in [2.75, 3.05) is 24.5 Å². The van der Waals surface area contributed by atoms with Crippen molar-refractivity contribution in [2.45, 2.75) is 26.2 Å². The van der Waals surface area contributed by atoms with Crippen LogP contribution in [-0.2, 0) is 4.79 Å². The number of anilines is 1. The van der Waals surface area contributed by atoms with E-state index in [0.717, 1.165) is 25.8 Å². The Kier molecular flexibility index (Phi) is 5.52. The fourth-order valence-corrected chi connectivity index (χ4v) is 2.81. The summed E-state index contributed by atoms with van der Waals surface area (Å²) in [4.78, 5) is 24.4. The largest absolute Gasteiger partial charge is 0.370 e. The van der Waals surface area contributed by atoms with Gasteiger partial charge in [-0.15, -0.1) is 0 Å². The van der Waals surface area contributed by atoms with Crippen LogP contribution < -0.4 is 10.2 Å². The van der Waals surface area contributed by atoms with Gasteiger partial charge in [-0.3, -0.25) is 14.9 Å². The summed E-state index contributed by atoms with van der Waals surface area (Å²) in [5.41, 5.74) is 0.833. The summed E-state index contributed by atoms with van der Waals surface area (Å²) in [6.07, 6.45) is 2.57. The molecule has 1 saturated heterocycles.